The largest absolute Gasteiger partial charge is 0.296 e. The van der Waals surface area contributed by atoms with Crippen molar-refractivity contribution in [3.63, 3.8) is 0 Å². The summed E-state index contributed by atoms with van der Waals surface area (Å²) in [4.78, 5) is 17.5. The third-order valence-electron chi connectivity index (χ3n) is 3.92. The molecule has 0 radical (unpaired) electrons. The van der Waals surface area contributed by atoms with Crippen LogP contribution in [-0.4, -0.2) is 17.4 Å². The summed E-state index contributed by atoms with van der Waals surface area (Å²) >= 11 is 0. The first-order valence-corrected chi connectivity index (χ1v) is 6.50. The van der Waals surface area contributed by atoms with E-state index in [2.05, 4.69) is 26.3 Å². The predicted octanol–water partition coefficient (Wildman–Crippen LogP) is 2.45. The fourth-order valence-corrected chi connectivity index (χ4v) is 3.07. The van der Waals surface area contributed by atoms with Crippen molar-refractivity contribution >= 4 is 5.78 Å². The van der Waals surface area contributed by atoms with Crippen LogP contribution in [0.25, 0.3) is 0 Å². The molecule has 16 heavy (non-hydrogen) atoms. The van der Waals surface area contributed by atoms with Gasteiger partial charge in [0.25, 0.3) is 0 Å². The van der Waals surface area contributed by atoms with E-state index >= 15 is 0 Å². The Hall–Kier alpha value is -0.410. The van der Waals surface area contributed by atoms with Gasteiger partial charge in [-0.3, -0.25) is 9.63 Å². The normalized spacial score (nSPS) is 33.7. The van der Waals surface area contributed by atoms with Crippen LogP contribution in [0.15, 0.2) is 0 Å². The summed E-state index contributed by atoms with van der Waals surface area (Å²) in [5.74, 6) is 1.10. The minimum atomic E-state index is -0.171. The molecule has 0 aromatic carbocycles. The Kier molecular flexibility index (Phi) is 3.36. The first kappa shape index (κ1) is 12.1. The van der Waals surface area contributed by atoms with Crippen molar-refractivity contribution in [3.05, 3.63) is 0 Å². The molecule has 0 spiro atoms. The Balaban J connectivity index is 1.84. The average molecular weight is 225 g/mol. The summed E-state index contributed by atoms with van der Waals surface area (Å²) in [6.07, 6.45) is 5.31. The second kappa shape index (κ2) is 4.46. The molecular weight excluding hydrogens is 202 g/mol. The van der Waals surface area contributed by atoms with Crippen LogP contribution in [0.4, 0.5) is 0 Å². The highest BCUT2D eigenvalue weighted by Gasteiger charge is 2.48. The second-order valence-corrected chi connectivity index (χ2v) is 5.95. The smallest absolute Gasteiger partial charge is 0.167 e. The topological polar surface area (TPSA) is 38.3 Å². The van der Waals surface area contributed by atoms with Crippen LogP contribution >= 0.6 is 0 Å². The number of ketones is 1. The molecule has 0 saturated heterocycles. The van der Waals surface area contributed by atoms with Crippen LogP contribution < -0.4 is 5.48 Å². The van der Waals surface area contributed by atoms with Gasteiger partial charge in [0, 0.05) is 11.5 Å². The third-order valence-corrected chi connectivity index (χ3v) is 3.92. The Bertz CT molecular complexity index is 275. The van der Waals surface area contributed by atoms with Gasteiger partial charge in [-0.2, -0.15) is 5.48 Å². The zero-order valence-corrected chi connectivity index (χ0v) is 10.6. The third kappa shape index (κ3) is 2.30. The van der Waals surface area contributed by atoms with Crippen LogP contribution in [0.3, 0.4) is 0 Å². The Labute approximate surface area is 97.9 Å². The predicted molar refractivity (Wildman–Crippen MR) is 62.8 cm³/mol. The maximum absolute atomic E-state index is 11.9. The van der Waals surface area contributed by atoms with Gasteiger partial charge < -0.3 is 0 Å². The van der Waals surface area contributed by atoms with Crippen LogP contribution in [-0.2, 0) is 9.63 Å². The summed E-state index contributed by atoms with van der Waals surface area (Å²) in [6, 6.07) is 0. The maximum atomic E-state index is 11.9. The van der Waals surface area contributed by atoms with E-state index in [-0.39, 0.29) is 11.6 Å². The van der Waals surface area contributed by atoms with Crippen molar-refractivity contribution in [3.8, 4) is 0 Å². The van der Waals surface area contributed by atoms with Crippen molar-refractivity contribution in [1.29, 1.82) is 0 Å². The van der Waals surface area contributed by atoms with Crippen molar-refractivity contribution in [1.82, 2.24) is 5.48 Å². The van der Waals surface area contributed by atoms with Crippen LogP contribution in [0, 0.1) is 11.8 Å². The van der Waals surface area contributed by atoms with Crippen molar-refractivity contribution in [2.24, 2.45) is 11.8 Å². The molecule has 0 amide bonds. The summed E-state index contributed by atoms with van der Waals surface area (Å²) in [6.45, 7) is 6.40. The number of rotatable bonds is 5. The summed E-state index contributed by atoms with van der Waals surface area (Å²) in [7, 11) is 0. The number of carbonyl (C=O) groups is 1. The van der Waals surface area contributed by atoms with Gasteiger partial charge >= 0.3 is 0 Å². The van der Waals surface area contributed by atoms with Crippen LogP contribution in [0.2, 0.25) is 0 Å². The van der Waals surface area contributed by atoms with Crippen molar-refractivity contribution in [2.45, 2.75) is 64.5 Å². The zero-order valence-electron chi connectivity index (χ0n) is 10.6. The standard InChI is InChI=1S/C13H23NO2/c1-4-7-13(2,3)14-16-12-10-6-5-9(8-10)11(12)15/h9-10,12,14H,4-8H2,1-3H3. The van der Waals surface area contributed by atoms with E-state index in [1.165, 1.54) is 0 Å². The number of hydrogen-bond donors (Lipinski definition) is 1. The summed E-state index contributed by atoms with van der Waals surface area (Å²) < 4.78 is 0. The van der Waals surface area contributed by atoms with E-state index in [0.29, 0.717) is 17.6 Å². The van der Waals surface area contributed by atoms with E-state index in [1.54, 1.807) is 0 Å². The van der Waals surface area contributed by atoms with Gasteiger partial charge in [-0.15, -0.1) is 0 Å². The zero-order chi connectivity index (χ0) is 11.8. The molecule has 2 fully saturated rings. The van der Waals surface area contributed by atoms with Gasteiger partial charge in [0.1, 0.15) is 6.10 Å². The van der Waals surface area contributed by atoms with E-state index in [9.17, 15) is 4.79 Å². The Morgan fingerprint density at radius 1 is 1.44 bits per heavy atom. The molecule has 2 bridgehead atoms. The first-order valence-electron chi connectivity index (χ1n) is 6.50. The monoisotopic (exact) mass is 225 g/mol. The lowest BCUT2D eigenvalue weighted by Gasteiger charge is -2.29. The van der Waals surface area contributed by atoms with Gasteiger partial charge in [0.05, 0.1) is 0 Å². The molecule has 0 aromatic heterocycles. The van der Waals surface area contributed by atoms with E-state index < -0.39 is 0 Å². The number of hydroxylamine groups is 1. The first-order chi connectivity index (χ1) is 7.53. The molecule has 3 atom stereocenters. The molecule has 3 unspecified atom stereocenters. The van der Waals surface area contributed by atoms with Gasteiger partial charge in [-0.05, 0) is 45.4 Å². The number of nitrogens with one attached hydrogen (secondary N) is 1. The van der Waals surface area contributed by atoms with Gasteiger partial charge in [0.15, 0.2) is 5.78 Å². The molecule has 0 aliphatic heterocycles. The van der Waals surface area contributed by atoms with Crippen LogP contribution in [0.1, 0.15) is 52.9 Å². The van der Waals surface area contributed by atoms with Gasteiger partial charge in [-0.1, -0.05) is 13.3 Å². The van der Waals surface area contributed by atoms with E-state index in [4.69, 9.17) is 4.84 Å². The molecule has 2 aliphatic carbocycles. The lowest BCUT2D eigenvalue weighted by atomic mass is 9.96. The molecule has 2 saturated carbocycles. The fraction of sp³-hybridized carbons (Fsp3) is 0.923. The molecule has 3 heteroatoms. The number of hydrogen-bond acceptors (Lipinski definition) is 3. The Morgan fingerprint density at radius 2 is 2.19 bits per heavy atom. The molecule has 2 aliphatic rings. The Morgan fingerprint density at radius 3 is 2.75 bits per heavy atom. The number of Topliss-reactive ketones (excluding diaryl/α,β-unsaturated/α-hetero) is 1. The highest BCUT2D eigenvalue weighted by atomic mass is 16.7. The maximum Gasteiger partial charge on any atom is 0.167 e. The molecule has 0 aromatic rings. The van der Waals surface area contributed by atoms with Crippen LogP contribution in [0.5, 0.6) is 0 Å². The molecule has 1 N–H and O–H groups in total. The highest BCUT2D eigenvalue weighted by Crippen LogP contribution is 2.43. The lowest BCUT2D eigenvalue weighted by molar-refractivity contribution is -0.145. The van der Waals surface area contributed by atoms with E-state index in [0.717, 1.165) is 32.1 Å². The second-order valence-electron chi connectivity index (χ2n) is 5.95. The minimum Gasteiger partial charge on any atom is -0.296 e. The quantitative estimate of drug-likeness (QED) is 0.730. The summed E-state index contributed by atoms with van der Waals surface area (Å²) in [5.41, 5.74) is 3.07. The molecule has 3 nitrogen and oxygen atoms in total. The minimum absolute atomic E-state index is 0.0309. The van der Waals surface area contributed by atoms with Crippen molar-refractivity contribution in [2.75, 3.05) is 0 Å². The van der Waals surface area contributed by atoms with Gasteiger partial charge in [0.2, 0.25) is 0 Å². The molecule has 2 rings (SSSR count). The summed E-state index contributed by atoms with van der Waals surface area (Å²) in [5, 5.41) is 0. The fourth-order valence-electron chi connectivity index (χ4n) is 3.07. The number of fused-ring (bicyclic) bond motifs is 2. The molecule has 0 heterocycles. The average Bonchev–Trinajstić information content (AvgIpc) is 2.76. The molecule has 92 valence electrons. The van der Waals surface area contributed by atoms with Crippen molar-refractivity contribution < 1.29 is 9.63 Å². The van der Waals surface area contributed by atoms with Gasteiger partial charge in [-0.25, -0.2) is 0 Å². The highest BCUT2D eigenvalue weighted by molar-refractivity contribution is 5.88. The van der Waals surface area contributed by atoms with E-state index in [1.807, 2.05) is 0 Å². The SMILES string of the molecule is CCCC(C)(C)NOC1C(=O)C2CCC1C2. The number of carbonyl (C=O) groups excluding carboxylic acids is 1. The molecular formula is C13H23NO2. The lowest BCUT2D eigenvalue weighted by Crippen LogP contribution is -2.45.